The molecule has 0 aliphatic carbocycles. The van der Waals surface area contributed by atoms with Gasteiger partial charge in [-0.05, 0) is 36.3 Å². The average Bonchev–Trinajstić information content (AvgIpc) is 2.99. The lowest BCUT2D eigenvalue weighted by atomic mass is 10.1. The minimum Gasteiger partial charge on any atom is -0.291 e. The molecular weight excluding hydrogens is 306 g/mol. The van der Waals surface area contributed by atoms with E-state index in [0.717, 1.165) is 56.0 Å². The van der Waals surface area contributed by atoms with Gasteiger partial charge in [0.25, 0.3) is 5.56 Å². The molecule has 0 unspecified atom stereocenters. The maximum absolute atomic E-state index is 12.2. The predicted octanol–water partition coefficient (Wildman–Crippen LogP) is 1.17. The van der Waals surface area contributed by atoms with E-state index in [-0.39, 0.29) is 11.6 Å². The van der Waals surface area contributed by atoms with E-state index in [1.54, 1.807) is 10.7 Å². The number of aryl methyl sites for hydroxylation is 1. The van der Waals surface area contributed by atoms with Gasteiger partial charge in [-0.3, -0.25) is 9.69 Å². The molecule has 1 aliphatic heterocycles. The van der Waals surface area contributed by atoms with Gasteiger partial charge in [-0.1, -0.05) is 13.3 Å². The quantitative estimate of drug-likeness (QED) is 0.790. The van der Waals surface area contributed by atoms with E-state index >= 15 is 0 Å². The largest absolute Gasteiger partial charge is 0.291 e. The Bertz CT molecular complexity index is 749. The number of aromatic nitrogens is 6. The summed E-state index contributed by atoms with van der Waals surface area (Å²) in [5.74, 6) is 0.885. The number of fused-ring (bicyclic) bond motifs is 1. The fourth-order valence-electron chi connectivity index (χ4n) is 3.00. The van der Waals surface area contributed by atoms with Crippen molar-refractivity contribution >= 4 is 0 Å². The topological polar surface area (TPSA) is 81.7 Å². The highest BCUT2D eigenvalue weighted by atomic mass is 16.1. The van der Waals surface area contributed by atoms with Crippen molar-refractivity contribution in [2.75, 3.05) is 6.54 Å². The molecule has 24 heavy (non-hydrogen) atoms. The number of unbranched alkanes of at least 4 members (excludes halogenated alkanes) is 1. The molecule has 8 nitrogen and oxygen atoms in total. The van der Waals surface area contributed by atoms with E-state index in [9.17, 15) is 4.79 Å². The number of nitrogens with zero attached hydrogens (tertiary/aromatic N) is 7. The van der Waals surface area contributed by atoms with Crippen molar-refractivity contribution in [1.29, 1.82) is 0 Å². The summed E-state index contributed by atoms with van der Waals surface area (Å²) in [7, 11) is 0. The molecule has 0 amide bonds. The number of hydrogen-bond donors (Lipinski definition) is 0. The van der Waals surface area contributed by atoms with Crippen molar-refractivity contribution in [2.45, 2.75) is 65.7 Å². The van der Waals surface area contributed by atoms with Crippen LogP contribution in [0.4, 0.5) is 0 Å². The normalized spacial score (nSPS) is 15.0. The molecule has 1 aliphatic rings. The Labute approximate surface area is 141 Å². The van der Waals surface area contributed by atoms with E-state index in [1.165, 1.54) is 0 Å². The molecule has 0 fully saturated rings. The van der Waals surface area contributed by atoms with Crippen LogP contribution in [0.1, 0.15) is 56.7 Å². The highest BCUT2D eigenvalue weighted by Crippen LogP contribution is 2.17. The highest BCUT2D eigenvalue weighted by molar-refractivity contribution is 5.20. The van der Waals surface area contributed by atoms with Crippen LogP contribution < -0.4 is 5.56 Å². The summed E-state index contributed by atoms with van der Waals surface area (Å²) in [5.41, 5.74) is 2.03. The molecule has 0 saturated carbocycles. The second-order valence-electron chi connectivity index (χ2n) is 6.63. The smallest absolute Gasteiger partial charge is 0.267 e. The number of rotatable bonds is 6. The molecule has 0 radical (unpaired) electrons. The van der Waals surface area contributed by atoms with Crippen LogP contribution in [0.5, 0.6) is 0 Å². The minimum absolute atomic E-state index is 0.0293. The third-order valence-corrected chi connectivity index (χ3v) is 4.37. The Morgan fingerprint density at radius 1 is 1.33 bits per heavy atom. The molecule has 2 aromatic heterocycles. The maximum Gasteiger partial charge on any atom is 0.267 e. The van der Waals surface area contributed by atoms with Crippen molar-refractivity contribution < 1.29 is 0 Å². The molecule has 3 heterocycles. The standard InChI is InChI=1S/C16H25N7O/c1-4-5-7-22-15(17-19-20-22)11-21-8-6-14-13(10-21)9-16(24)23(18-14)12(2)3/h9,12H,4-8,10-11H2,1-3H3. The predicted molar refractivity (Wildman–Crippen MR) is 89.4 cm³/mol. The Hall–Kier alpha value is -2.09. The fourth-order valence-corrected chi connectivity index (χ4v) is 3.00. The molecule has 2 aromatic rings. The van der Waals surface area contributed by atoms with Crippen LogP contribution in [0.3, 0.4) is 0 Å². The molecule has 0 saturated heterocycles. The number of tetrazole rings is 1. The first kappa shape index (κ1) is 16.8. The van der Waals surface area contributed by atoms with Crippen LogP contribution in [0, 0.1) is 0 Å². The summed E-state index contributed by atoms with van der Waals surface area (Å²) in [5, 5.41) is 16.6. The van der Waals surface area contributed by atoms with Crippen LogP contribution in [-0.2, 0) is 26.1 Å². The molecule has 0 N–H and O–H groups in total. The van der Waals surface area contributed by atoms with E-state index in [0.29, 0.717) is 6.54 Å². The van der Waals surface area contributed by atoms with E-state index in [4.69, 9.17) is 0 Å². The van der Waals surface area contributed by atoms with Crippen molar-refractivity contribution in [3.05, 3.63) is 33.5 Å². The Balaban J connectivity index is 1.73. The number of hydrogen-bond acceptors (Lipinski definition) is 6. The van der Waals surface area contributed by atoms with Gasteiger partial charge in [0, 0.05) is 32.1 Å². The van der Waals surface area contributed by atoms with Gasteiger partial charge in [0.15, 0.2) is 5.82 Å². The zero-order valence-corrected chi connectivity index (χ0v) is 14.6. The van der Waals surface area contributed by atoms with Gasteiger partial charge in [0.05, 0.1) is 18.3 Å². The van der Waals surface area contributed by atoms with Gasteiger partial charge in [-0.25, -0.2) is 9.36 Å². The first-order valence-corrected chi connectivity index (χ1v) is 8.67. The SMILES string of the molecule is CCCCn1nnnc1CN1CCc2nn(C(C)C)c(=O)cc2C1. The molecule has 0 bridgehead atoms. The molecule has 0 aromatic carbocycles. The third kappa shape index (κ3) is 3.53. The van der Waals surface area contributed by atoms with Crippen LogP contribution in [0.15, 0.2) is 10.9 Å². The molecule has 0 spiro atoms. The highest BCUT2D eigenvalue weighted by Gasteiger charge is 2.21. The summed E-state index contributed by atoms with van der Waals surface area (Å²) >= 11 is 0. The van der Waals surface area contributed by atoms with Crippen LogP contribution >= 0.6 is 0 Å². The lowest BCUT2D eigenvalue weighted by molar-refractivity contribution is 0.229. The maximum atomic E-state index is 12.2. The molecule has 3 rings (SSSR count). The summed E-state index contributed by atoms with van der Waals surface area (Å²) in [6.07, 6.45) is 3.03. The first-order chi connectivity index (χ1) is 11.6. The van der Waals surface area contributed by atoms with Crippen LogP contribution in [0.25, 0.3) is 0 Å². The Kier molecular flexibility index (Phi) is 5.03. The van der Waals surface area contributed by atoms with Crippen molar-refractivity contribution in [3.8, 4) is 0 Å². The second kappa shape index (κ2) is 7.21. The van der Waals surface area contributed by atoms with Gasteiger partial charge in [-0.2, -0.15) is 5.10 Å². The van der Waals surface area contributed by atoms with Gasteiger partial charge < -0.3 is 0 Å². The van der Waals surface area contributed by atoms with Gasteiger partial charge in [0.2, 0.25) is 0 Å². The Morgan fingerprint density at radius 2 is 2.17 bits per heavy atom. The van der Waals surface area contributed by atoms with E-state index < -0.39 is 0 Å². The fraction of sp³-hybridized carbons (Fsp3) is 0.688. The van der Waals surface area contributed by atoms with E-state index in [1.807, 2.05) is 18.5 Å². The lowest BCUT2D eigenvalue weighted by Crippen LogP contribution is -2.35. The van der Waals surface area contributed by atoms with Crippen LogP contribution in [0.2, 0.25) is 0 Å². The minimum atomic E-state index is -0.0293. The molecular formula is C16H25N7O. The van der Waals surface area contributed by atoms with Gasteiger partial charge in [0.1, 0.15) is 0 Å². The van der Waals surface area contributed by atoms with E-state index in [2.05, 4.69) is 32.4 Å². The third-order valence-electron chi connectivity index (χ3n) is 4.37. The monoisotopic (exact) mass is 331 g/mol. The summed E-state index contributed by atoms with van der Waals surface area (Å²) in [4.78, 5) is 14.4. The molecule has 130 valence electrons. The zero-order chi connectivity index (χ0) is 17.1. The Morgan fingerprint density at radius 3 is 2.92 bits per heavy atom. The summed E-state index contributed by atoms with van der Waals surface area (Å²) in [6, 6.07) is 1.82. The van der Waals surface area contributed by atoms with Gasteiger partial charge >= 0.3 is 0 Å². The second-order valence-corrected chi connectivity index (χ2v) is 6.63. The first-order valence-electron chi connectivity index (χ1n) is 8.67. The zero-order valence-electron chi connectivity index (χ0n) is 14.6. The van der Waals surface area contributed by atoms with Crippen molar-refractivity contribution in [2.24, 2.45) is 0 Å². The van der Waals surface area contributed by atoms with Crippen molar-refractivity contribution in [1.82, 2.24) is 34.9 Å². The van der Waals surface area contributed by atoms with Crippen LogP contribution in [-0.4, -0.2) is 41.4 Å². The summed E-state index contributed by atoms with van der Waals surface area (Å²) in [6.45, 7) is 9.28. The lowest BCUT2D eigenvalue weighted by Gasteiger charge is -2.28. The molecule has 8 heteroatoms. The van der Waals surface area contributed by atoms with Gasteiger partial charge in [-0.15, -0.1) is 5.10 Å². The molecule has 0 atom stereocenters. The average molecular weight is 331 g/mol. The summed E-state index contributed by atoms with van der Waals surface area (Å²) < 4.78 is 3.45. The van der Waals surface area contributed by atoms with Crippen molar-refractivity contribution in [3.63, 3.8) is 0 Å².